The lowest BCUT2D eigenvalue weighted by Gasteiger charge is -2.38. The number of hydrogen-bond acceptors (Lipinski definition) is 2. The zero-order valence-corrected chi connectivity index (χ0v) is 10.8. The number of benzene rings is 1. The number of carbonyl (C=O) groups excluding carboxylic acids is 1. The molecule has 108 valence electrons. The van der Waals surface area contributed by atoms with E-state index in [9.17, 15) is 18.4 Å². The van der Waals surface area contributed by atoms with Gasteiger partial charge in [-0.2, -0.15) is 0 Å². The normalized spacial score (nSPS) is 15.0. The summed E-state index contributed by atoms with van der Waals surface area (Å²) in [7, 11) is 0. The Labute approximate surface area is 115 Å². The molecule has 0 aromatic heterocycles. The number of amides is 1. The van der Waals surface area contributed by atoms with Crippen LogP contribution in [0.2, 0.25) is 0 Å². The maximum Gasteiger partial charge on any atom is 0.303 e. The molecule has 0 radical (unpaired) electrons. The SMILES string of the molecule is O=C(O)CC1CN(C(=O)CCc2ccc(F)c(F)c2)C1. The Morgan fingerprint density at radius 1 is 1.25 bits per heavy atom. The van der Waals surface area contributed by atoms with Gasteiger partial charge >= 0.3 is 5.97 Å². The number of aryl methyl sites for hydroxylation is 1. The maximum atomic E-state index is 13.0. The molecule has 0 bridgehead atoms. The van der Waals surface area contributed by atoms with Crippen LogP contribution in [0.1, 0.15) is 18.4 Å². The Morgan fingerprint density at radius 2 is 1.95 bits per heavy atom. The van der Waals surface area contributed by atoms with Crippen molar-refractivity contribution in [2.24, 2.45) is 5.92 Å². The van der Waals surface area contributed by atoms with Crippen LogP contribution in [0.25, 0.3) is 0 Å². The summed E-state index contributed by atoms with van der Waals surface area (Å²) in [6.45, 7) is 0.922. The molecule has 1 amide bonds. The van der Waals surface area contributed by atoms with Gasteiger partial charge in [-0.05, 0) is 24.1 Å². The highest BCUT2D eigenvalue weighted by Gasteiger charge is 2.31. The van der Waals surface area contributed by atoms with Gasteiger partial charge in [0.05, 0.1) is 6.42 Å². The second-order valence-corrected chi connectivity index (χ2v) is 5.01. The molecule has 0 aliphatic carbocycles. The Kier molecular flexibility index (Phi) is 4.32. The second-order valence-electron chi connectivity index (χ2n) is 5.01. The van der Waals surface area contributed by atoms with Crippen LogP contribution in [0.5, 0.6) is 0 Å². The van der Waals surface area contributed by atoms with Gasteiger partial charge in [0.1, 0.15) is 0 Å². The lowest BCUT2D eigenvalue weighted by molar-refractivity contribution is -0.145. The van der Waals surface area contributed by atoms with Crippen LogP contribution in [0, 0.1) is 17.6 Å². The molecular formula is C14H15F2NO3. The van der Waals surface area contributed by atoms with Crippen LogP contribution in [0.4, 0.5) is 8.78 Å². The molecule has 1 saturated heterocycles. The molecule has 0 atom stereocenters. The van der Waals surface area contributed by atoms with Crippen molar-refractivity contribution in [2.75, 3.05) is 13.1 Å². The smallest absolute Gasteiger partial charge is 0.303 e. The number of halogens is 2. The van der Waals surface area contributed by atoms with E-state index in [2.05, 4.69) is 0 Å². The van der Waals surface area contributed by atoms with E-state index in [1.165, 1.54) is 6.07 Å². The number of carbonyl (C=O) groups is 2. The molecule has 1 heterocycles. The molecule has 1 aromatic carbocycles. The van der Waals surface area contributed by atoms with Gasteiger partial charge in [-0.3, -0.25) is 9.59 Å². The molecule has 0 saturated carbocycles. The number of carboxylic acids is 1. The van der Waals surface area contributed by atoms with Gasteiger partial charge in [0.25, 0.3) is 0 Å². The summed E-state index contributed by atoms with van der Waals surface area (Å²) < 4.78 is 25.7. The summed E-state index contributed by atoms with van der Waals surface area (Å²) in [5.74, 6) is -2.74. The van der Waals surface area contributed by atoms with Crippen molar-refractivity contribution in [3.8, 4) is 0 Å². The maximum absolute atomic E-state index is 13.0. The number of nitrogens with zero attached hydrogens (tertiary/aromatic N) is 1. The van der Waals surface area contributed by atoms with Gasteiger partial charge in [0.15, 0.2) is 11.6 Å². The Morgan fingerprint density at radius 3 is 2.55 bits per heavy atom. The minimum Gasteiger partial charge on any atom is -0.481 e. The molecule has 2 rings (SSSR count). The fraction of sp³-hybridized carbons (Fsp3) is 0.429. The summed E-state index contributed by atoms with van der Waals surface area (Å²) in [5.41, 5.74) is 0.569. The van der Waals surface area contributed by atoms with E-state index in [1.54, 1.807) is 4.90 Å². The second kappa shape index (κ2) is 5.98. The van der Waals surface area contributed by atoms with Gasteiger partial charge < -0.3 is 10.0 Å². The average Bonchev–Trinajstić information content (AvgIpc) is 2.34. The van der Waals surface area contributed by atoms with Crippen molar-refractivity contribution in [2.45, 2.75) is 19.3 Å². The molecule has 1 fully saturated rings. The van der Waals surface area contributed by atoms with E-state index in [0.717, 1.165) is 12.1 Å². The Balaban J connectivity index is 1.76. The van der Waals surface area contributed by atoms with Crippen LogP contribution in [0.15, 0.2) is 18.2 Å². The fourth-order valence-electron chi connectivity index (χ4n) is 2.25. The molecule has 6 heteroatoms. The zero-order chi connectivity index (χ0) is 14.7. The first kappa shape index (κ1) is 14.4. The topological polar surface area (TPSA) is 57.6 Å². The quantitative estimate of drug-likeness (QED) is 0.897. The van der Waals surface area contributed by atoms with Crippen LogP contribution >= 0.6 is 0 Å². The first-order valence-electron chi connectivity index (χ1n) is 6.39. The summed E-state index contributed by atoms with van der Waals surface area (Å²) in [4.78, 5) is 23.9. The number of likely N-dealkylation sites (tertiary alicyclic amines) is 1. The molecule has 1 N–H and O–H groups in total. The number of hydrogen-bond donors (Lipinski definition) is 1. The molecule has 4 nitrogen and oxygen atoms in total. The summed E-state index contributed by atoms with van der Waals surface area (Å²) in [6.07, 6.45) is 0.633. The van der Waals surface area contributed by atoms with E-state index < -0.39 is 17.6 Å². The minimum atomic E-state index is -0.916. The molecule has 0 spiro atoms. The van der Waals surface area contributed by atoms with Gasteiger partial charge in [-0.1, -0.05) is 6.07 Å². The third kappa shape index (κ3) is 3.53. The highest BCUT2D eigenvalue weighted by molar-refractivity contribution is 5.77. The molecule has 1 aromatic rings. The Hall–Kier alpha value is -1.98. The van der Waals surface area contributed by atoms with Crippen LogP contribution in [-0.4, -0.2) is 35.0 Å². The fourth-order valence-corrected chi connectivity index (χ4v) is 2.25. The van der Waals surface area contributed by atoms with E-state index >= 15 is 0 Å². The average molecular weight is 283 g/mol. The third-order valence-electron chi connectivity index (χ3n) is 3.38. The number of carboxylic acid groups (broad SMARTS) is 1. The highest BCUT2D eigenvalue weighted by atomic mass is 19.2. The number of aliphatic carboxylic acids is 1. The monoisotopic (exact) mass is 283 g/mol. The molecule has 1 aliphatic rings. The van der Waals surface area contributed by atoms with Gasteiger partial charge in [-0.15, -0.1) is 0 Å². The van der Waals surface area contributed by atoms with Gasteiger partial charge in [0.2, 0.25) is 5.91 Å². The van der Waals surface area contributed by atoms with E-state index in [-0.39, 0.29) is 24.7 Å². The molecule has 20 heavy (non-hydrogen) atoms. The summed E-state index contributed by atoms with van der Waals surface area (Å²) in [6, 6.07) is 3.59. The van der Waals surface area contributed by atoms with E-state index in [4.69, 9.17) is 5.11 Å². The van der Waals surface area contributed by atoms with Crippen molar-refractivity contribution in [3.63, 3.8) is 0 Å². The Bertz CT molecular complexity index is 527. The highest BCUT2D eigenvalue weighted by Crippen LogP contribution is 2.20. The predicted molar refractivity (Wildman–Crippen MR) is 67.0 cm³/mol. The molecular weight excluding hydrogens is 268 g/mol. The van der Waals surface area contributed by atoms with Crippen molar-refractivity contribution in [1.29, 1.82) is 0 Å². The van der Waals surface area contributed by atoms with Crippen LogP contribution < -0.4 is 0 Å². The zero-order valence-electron chi connectivity index (χ0n) is 10.8. The summed E-state index contributed by atoms with van der Waals surface area (Å²) in [5, 5.41) is 8.60. The third-order valence-corrected chi connectivity index (χ3v) is 3.38. The number of rotatable bonds is 5. The lowest BCUT2D eigenvalue weighted by Crippen LogP contribution is -2.50. The van der Waals surface area contributed by atoms with Crippen LogP contribution in [0.3, 0.4) is 0 Å². The first-order chi connectivity index (χ1) is 9.45. The largest absolute Gasteiger partial charge is 0.481 e. The van der Waals surface area contributed by atoms with Crippen LogP contribution in [-0.2, 0) is 16.0 Å². The summed E-state index contributed by atoms with van der Waals surface area (Å²) >= 11 is 0. The van der Waals surface area contributed by atoms with Crippen molar-refractivity contribution in [3.05, 3.63) is 35.4 Å². The predicted octanol–water partition coefficient (Wildman–Crippen LogP) is 1.83. The minimum absolute atomic E-state index is 0.0275. The lowest BCUT2D eigenvalue weighted by atomic mass is 9.95. The van der Waals surface area contributed by atoms with Gasteiger partial charge in [0, 0.05) is 25.4 Å². The molecule has 1 aliphatic heterocycles. The first-order valence-corrected chi connectivity index (χ1v) is 6.39. The molecule has 0 unspecified atom stereocenters. The van der Waals surface area contributed by atoms with Crippen molar-refractivity contribution < 1.29 is 23.5 Å². The van der Waals surface area contributed by atoms with Gasteiger partial charge in [-0.25, -0.2) is 8.78 Å². The van der Waals surface area contributed by atoms with Crippen molar-refractivity contribution in [1.82, 2.24) is 4.90 Å². The standard InChI is InChI=1S/C14H15F2NO3/c15-11-3-1-9(5-12(11)16)2-4-13(18)17-7-10(8-17)6-14(19)20/h1,3,5,10H,2,4,6-8H2,(H,19,20). The van der Waals surface area contributed by atoms with E-state index in [0.29, 0.717) is 25.1 Å². The van der Waals surface area contributed by atoms with E-state index in [1.807, 2.05) is 0 Å². The van der Waals surface area contributed by atoms with Crippen molar-refractivity contribution >= 4 is 11.9 Å².